The van der Waals surface area contributed by atoms with E-state index >= 15 is 0 Å². The summed E-state index contributed by atoms with van der Waals surface area (Å²) >= 11 is 1.73. The molecule has 0 spiro atoms. The van der Waals surface area contributed by atoms with Gasteiger partial charge in [0.15, 0.2) is 0 Å². The number of aryl methyl sites for hydroxylation is 2. The molecule has 0 saturated heterocycles. The van der Waals surface area contributed by atoms with Crippen LogP contribution in [0.5, 0.6) is 0 Å². The fourth-order valence-electron chi connectivity index (χ4n) is 1.98. The van der Waals surface area contributed by atoms with Gasteiger partial charge in [-0.15, -0.1) is 0 Å². The Morgan fingerprint density at radius 1 is 1.28 bits per heavy atom. The van der Waals surface area contributed by atoms with Gasteiger partial charge in [0.2, 0.25) is 10.5 Å². The summed E-state index contributed by atoms with van der Waals surface area (Å²) in [7, 11) is -4.07. The zero-order valence-corrected chi connectivity index (χ0v) is 11.8. The number of nitrogens with zero attached hydrogens (tertiary/aromatic N) is 1. The van der Waals surface area contributed by atoms with Gasteiger partial charge in [-0.05, 0) is 12.5 Å². The van der Waals surface area contributed by atoms with Crippen LogP contribution in [0.4, 0.5) is 0 Å². The van der Waals surface area contributed by atoms with E-state index in [-0.39, 0.29) is 5.75 Å². The van der Waals surface area contributed by atoms with Crippen LogP contribution in [-0.2, 0) is 16.7 Å². The number of para-hydroxylation sites is 1. The van der Waals surface area contributed by atoms with Gasteiger partial charge in [-0.3, -0.25) is 0 Å². The normalized spacial score (nSPS) is 12.1. The molecule has 18 heavy (non-hydrogen) atoms. The van der Waals surface area contributed by atoms with Crippen molar-refractivity contribution in [3.8, 4) is 0 Å². The molecular formula is C12H15NO3S2. The van der Waals surface area contributed by atoms with Crippen molar-refractivity contribution in [2.45, 2.75) is 26.3 Å². The Balaban J connectivity index is 2.06. The van der Waals surface area contributed by atoms with Gasteiger partial charge >= 0.3 is 0 Å². The Labute approximate surface area is 111 Å². The molecule has 0 aliphatic heterocycles. The molecule has 0 amide bonds. The summed E-state index contributed by atoms with van der Waals surface area (Å²) in [6, 6.07) is 8.13. The van der Waals surface area contributed by atoms with Gasteiger partial charge in [0.25, 0.3) is 0 Å². The highest BCUT2D eigenvalue weighted by molar-refractivity contribution is 7.85. The topological polar surface area (TPSA) is 61.1 Å². The van der Waals surface area contributed by atoms with Crippen molar-refractivity contribution < 1.29 is 17.5 Å². The molecule has 0 aliphatic rings. The molecule has 0 bridgehead atoms. The van der Waals surface area contributed by atoms with Crippen LogP contribution in [0.25, 0.3) is 10.2 Å². The van der Waals surface area contributed by atoms with E-state index in [1.54, 1.807) is 11.3 Å². The van der Waals surface area contributed by atoms with Gasteiger partial charge in [0.1, 0.15) is 11.2 Å². The third-order valence-corrected chi connectivity index (χ3v) is 4.69. The van der Waals surface area contributed by atoms with Gasteiger partial charge in [-0.25, -0.2) is 8.42 Å². The first kappa shape index (κ1) is 13.5. The lowest BCUT2D eigenvalue weighted by molar-refractivity contribution is -0.673. The fraction of sp³-hybridized carbons (Fsp3) is 0.417. The van der Waals surface area contributed by atoms with Gasteiger partial charge in [-0.2, -0.15) is 4.57 Å². The second-order valence-electron chi connectivity index (χ2n) is 4.21. The zero-order chi connectivity index (χ0) is 13.2. The van der Waals surface area contributed by atoms with Crippen molar-refractivity contribution in [2.75, 3.05) is 5.75 Å². The molecule has 1 aromatic carbocycles. The summed E-state index contributed by atoms with van der Waals surface area (Å²) in [5.74, 6) is -0.269. The van der Waals surface area contributed by atoms with E-state index in [1.807, 2.05) is 12.1 Å². The van der Waals surface area contributed by atoms with E-state index in [2.05, 4.69) is 23.6 Å². The van der Waals surface area contributed by atoms with E-state index < -0.39 is 10.1 Å². The van der Waals surface area contributed by atoms with Gasteiger partial charge < -0.3 is 4.55 Å². The molecule has 0 atom stereocenters. The fourth-order valence-corrected chi connectivity index (χ4v) is 3.58. The molecule has 2 rings (SSSR count). The summed E-state index contributed by atoms with van der Waals surface area (Å²) in [5, 5.41) is 1.20. The van der Waals surface area contributed by atoms with Crippen molar-refractivity contribution >= 4 is 31.7 Å². The van der Waals surface area contributed by atoms with Crippen molar-refractivity contribution in [1.82, 2.24) is 0 Å². The minimum absolute atomic E-state index is 0.269. The Kier molecular flexibility index (Phi) is 3.99. The van der Waals surface area contributed by atoms with Crippen LogP contribution in [0, 0.1) is 6.92 Å². The lowest BCUT2D eigenvalue weighted by atomic mass is 10.3. The number of thiazole rings is 1. The van der Waals surface area contributed by atoms with Crippen molar-refractivity contribution in [2.24, 2.45) is 0 Å². The zero-order valence-electron chi connectivity index (χ0n) is 10.1. The van der Waals surface area contributed by atoms with Crippen LogP contribution >= 0.6 is 11.3 Å². The first-order valence-corrected chi connectivity index (χ1v) is 8.18. The summed E-state index contributed by atoms with van der Waals surface area (Å²) in [6.45, 7) is 2.81. The van der Waals surface area contributed by atoms with E-state index in [0.717, 1.165) is 6.54 Å². The molecule has 4 nitrogen and oxygen atoms in total. The van der Waals surface area contributed by atoms with Crippen LogP contribution in [0.3, 0.4) is 0 Å². The number of aromatic nitrogens is 1. The Bertz CT molecular complexity index is 646. The second kappa shape index (κ2) is 5.34. The monoisotopic (exact) mass is 285 g/mol. The number of unbranched alkanes of at least 4 members (excludes halogenated alkanes) is 1. The van der Waals surface area contributed by atoms with Gasteiger partial charge in [0, 0.05) is 25.2 Å². The molecule has 0 saturated carbocycles. The average Bonchev–Trinajstić information content (AvgIpc) is 2.59. The molecule has 1 heterocycles. The Morgan fingerprint density at radius 3 is 2.72 bits per heavy atom. The predicted molar refractivity (Wildman–Crippen MR) is 70.6 cm³/mol. The maximum atomic E-state index is 10.5. The Hall–Kier alpha value is -0.980. The van der Waals surface area contributed by atoms with Crippen LogP contribution in [0.1, 0.15) is 17.8 Å². The number of rotatable bonds is 5. The Morgan fingerprint density at radius 2 is 2.00 bits per heavy atom. The van der Waals surface area contributed by atoms with E-state index in [9.17, 15) is 13.0 Å². The third kappa shape index (κ3) is 3.28. The third-order valence-electron chi connectivity index (χ3n) is 2.82. The average molecular weight is 285 g/mol. The number of benzene rings is 1. The summed E-state index contributed by atoms with van der Waals surface area (Å²) in [4.78, 5) is 0. The molecule has 0 N–H and O–H groups in total. The van der Waals surface area contributed by atoms with E-state index in [1.165, 1.54) is 15.2 Å². The molecule has 0 aliphatic carbocycles. The minimum atomic E-state index is -4.07. The lowest BCUT2D eigenvalue weighted by Crippen LogP contribution is -2.35. The lowest BCUT2D eigenvalue weighted by Gasteiger charge is -2.04. The highest BCUT2D eigenvalue weighted by Crippen LogP contribution is 2.19. The largest absolute Gasteiger partial charge is 0.748 e. The molecule has 2 aromatic rings. The van der Waals surface area contributed by atoms with Crippen molar-refractivity contribution in [3.05, 3.63) is 29.3 Å². The standard InChI is InChI=1S/C12H15NO3S2/c1-10-13(8-4-5-9-18(14,15)16)11-6-2-3-7-12(11)17-10/h2-3,6-7H,4-5,8-9H2,1H3. The predicted octanol–water partition coefficient (Wildman–Crippen LogP) is 1.82. The molecular weight excluding hydrogens is 270 g/mol. The molecule has 1 aromatic heterocycles. The SMILES string of the molecule is Cc1sc2ccccc2[n+]1CCCCS(=O)(=O)[O-]. The first-order chi connectivity index (χ1) is 8.47. The molecule has 0 radical (unpaired) electrons. The molecule has 6 heteroatoms. The number of hydrogen-bond acceptors (Lipinski definition) is 4. The second-order valence-corrected chi connectivity index (χ2v) is 6.97. The highest BCUT2D eigenvalue weighted by Gasteiger charge is 2.15. The van der Waals surface area contributed by atoms with Gasteiger partial charge in [-0.1, -0.05) is 23.5 Å². The first-order valence-electron chi connectivity index (χ1n) is 5.79. The maximum absolute atomic E-state index is 10.5. The van der Waals surface area contributed by atoms with E-state index in [4.69, 9.17) is 0 Å². The van der Waals surface area contributed by atoms with Crippen LogP contribution in [0.2, 0.25) is 0 Å². The van der Waals surface area contributed by atoms with E-state index in [0.29, 0.717) is 12.8 Å². The van der Waals surface area contributed by atoms with Crippen LogP contribution < -0.4 is 4.57 Å². The summed E-state index contributed by atoms with van der Waals surface area (Å²) in [6.07, 6.45) is 1.12. The van der Waals surface area contributed by atoms with Crippen molar-refractivity contribution in [3.63, 3.8) is 0 Å². The van der Waals surface area contributed by atoms with Crippen LogP contribution in [-0.4, -0.2) is 18.7 Å². The van der Waals surface area contributed by atoms with Gasteiger partial charge in [0.05, 0.1) is 10.1 Å². The van der Waals surface area contributed by atoms with Crippen molar-refractivity contribution in [1.29, 1.82) is 0 Å². The van der Waals surface area contributed by atoms with Crippen LogP contribution in [0.15, 0.2) is 24.3 Å². The highest BCUT2D eigenvalue weighted by atomic mass is 32.2. The summed E-state index contributed by atoms with van der Waals surface area (Å²) < 4.78 is 34.9. The number of hydrogen-bond donors (Lipinski definition) is 0. The number of fused-ring (bicyclic) bond motifs is 1. The summed E-state index contributed by atoms with van der Waals surface area (Å²) in [5.41, 5.74) is 1.17. The molecule has 0 unspecified atom stereocenters. The minimum Gasteiger partial charge on any atom is -0.748 e. The molecule has 0 fully saturated rings. The molecule has 98 valence electrons. The quantitative estimate of drug-likeness (QED) is 0.478. The smallest absolute Gasteiger partial charge is 0.235 e. The maximum Gasteiger partial charge on any atom is 0.235 e.